The van der Waals surface area contributed by atoms with Crippen LogP contribution in [0.5, 0.6) is 0 Å². The summed E-state index contributed by atoms with van der Waals surface area (Å²) in [4.78, 5) is 20.9. The van der Waals surface area contributed by atoms with Crippen molar-refractivity contribution >= 4 is 11.7 Å². The van der Waals surface area contributed by atoms with Crippen molar-refractivity contribution in [3.05, 3.63) is 23.9 Å². The minimum Gasteiger partial charge on any atom is -0.370 e. The van der Waals surface area contributed by atoms with Gasteiger partial charge >= 0.3 is 0 Å². The predicted octanol–water partition coefficient (Wildman–Crippen LogP) is 1.57. The standard InChI is InChI=1S/C15H24N4O/c1-5-16-13-8-6-7-12(17-13)11-19-10-9-18(4)14(20)15(19,2)3/h6-8H,5,9-11H2,1-4H3,(H,16,17). The quantitative estimate of drug-likeness (QED) is 0.907. The van der Waals surface area contributed by atoms with Crippen LogP contribution in [0, 0.1) is 0 Å². The molecule has 1 aliphatic heterocycles. The van der Waals surface area contributed by atoms with E-state index in [1.165, 1.54) is 0 Å². The first-order chi connectivity index (χ1) is 9.45. The molecule has 110 valence electrons. The number of carbonyl (C=O) groups excluding carboxylic acids is 1. The van der Waals surface area contributed by atoms with Gasteiger partial charge in [0.2, 0.25) is 5.91 Å². The largest absolute Gasteiger partial charge is 0.370 e. The molecule has 5 heteroatoms. The molecule has 0 saturated carbocycles. The lowest BCUT2D eigenvalue weighted by molar-refractivity contribution is -0.147. The SMILES string of the molecule is CCNc1cccc(CN2CCN(C)C(=O)C2(C)C)n1. The molecule has 1 saturated heterocycles. The van der Waals surface area contributed by atoms with E-state index < -0.39 is 5.54 Å². The number of rotatable bonds is 4. The van der Waals surface area contributed by atoms with Gasteiger partial charge in [-0.05, 0) is 32.9 Å². The first-order valence-corrected chi connectivity index (χ1v) is 7.15. The first-order valence-electron chi connectivity index (χ1n) is 7.15. The van der Waals surface area contributed by atoms with E-state index in [2.05, 4.69) is 22.1 Å². The average Bonchev–Trinajstić information content (AvgIpc) is 2.41. The van der Waals surface area contributed by atoms with Gasteiger partial charge in [0.25, 0.3) is 0 Å². The number of piperazine rings is 1. The van der Waals surface area contributed by atoms with E-state index in [-0.39, 0.29) is 5.91 Å². The van der Waals surface area contributed by atoms with E-state index in [0.717, 1.165) is 31.1 Å². The molecule has 0 spiro atoms. The Balaban J connectivity index is 2.13. The topological polar surface area (TPSA) is 48.5 Å². The average molecular weight is 276 g/mol. The first kappa shape index (κ1) is 14.8. The van der Waals surface area contributed by atoms with Gasteiger partial charge in [-0.15, -0.1) is 0 Å². The fraction of sp³-hybridized carbons (Fsp3) is 0.600. The second-order valence-corrected chi connectivity index (χ2v) is 5.75. The third-order valence-corrected chi connectivity index (χ3v) is 3.88. The fourth-order valence-corrected chi connectivity index (χ4v) is 2.57. The van der Waals surface area contributed by atoms with Gasteiger partial charge in [0.15, 0.2) is 0 Å². The number of aromatic nitrogens is 1. The summed E-state index contributed by atoms with van der Waals surface area (Å²) in [5.41, 5.74) is 0.525. The van der Waals surface area contributed by atoms with Crippen LogP contribution in [0.3, 0.4) is 0 Å². The zero-order valence-electron chi connectivity index (χ0n) is 12.8. The van der Waals surface area contributed by atoms with Crippen LogP contribution in [-0.2, 0) is 11.3 Å². The molecular weight excluding hydrogens is 252 g/mol. The minimum absolute atomic E-state index is 0.173. The van der Waals surface area contributed by atoms with Crippen molar-refractivity contribution in [3.63, 3.8) is 0 Å². The zero-order chi connectivity index (χ0) is 14.8. The van der Waals surface area contributed by atoms with Gasteiger partial charge in [0.1, 0.15) is 5.82 Å². The third kappa shape index (κ3) is 2.93. The Labute approximate surface area is 121 Å². The molecule has 0 radical (unpaired) electrons. The molecule has 2 heterocycles. The molecule has 2 rings (SSSR count). The maximum Gasteiger partial charge on any atom is 0.242 e. The number of carbonyl (C=O) groups is 1. The van der Waals surface area contributed by atoms with Crippen LogP contribution in [0.4, 0.5) is 5.82 Å². The van der Waals surface area contributed by atoms with Crippen molar-refractivity contribution in [2.45, 2.75) is 32.9 Å². The Morgan fingerprint density at radius 1 is 1.35 bits per heavy atom. The van der Waals surface area contributed by atoms with Crippen LogP contribution in [0.15, 0.2) is 18.2 Å². The summed E-state index contributed by atoms with van der Waals surface area (Å²) >= 11 is 0. The molecule has 0 atom stereocenters. The van der Waals surface area contributed by atoms with Crippen molar-refractivity contribution in [1.82, 2.24) is 14.8 Å². The molecule has 1 aromatic heterocycles. The lowest BCUT2D eigenvalue weighted by Crippen LogP contribution is -2.61. The number of anilines is 1. The molecule has 5 nitrogen and oxygen atoms in total. The van der Waals surface area contributed by atoms with Gasteiger partial charge in [-0.25, -0.2) is 4.98 Å². The second kappa shape index (κ2) is 5.79. The fourth-order valence-electron chi connectivity index (χ4n) is 2.57. The van der Waals surface area contributed by atoms with Crippen LogP contribution in [-0.4, -0.2) is 52.9 Å². The Morgan fingerprint density at radius 2 is 2.10 bits per heavy atom. The highest BCUT2D eigenvalue weighted by molar-refractivity contribution is 5.86. The number of pyridine rings is 1. The number of hydrogen-bond donors (Lipinski definition) is 1. The summed E-state index contributed by atoms with van der Waals surface area (Å²) in [6, 6.07) is 5.98. The lowest BCUT2D eigenvalue weighted by atomic mass is 9.97. The van der Waals surface area contributed by atoms with Crippen molar-refractivity contribution in [2.24, 2.45) is 0 Å². The molecule has 0 unspecified atom stereocenters. The Bertz CT molecular complexity index is 487. The maximum absolute atomic E-state index is 12.3. The highest BCUT2D eigenvalue weighted by Gasteiger charge is 2.40. The summed E-state index contributed by atoms with van der Waals surface area (Å²) in [5.74, 6) is 1.06. The molecule has 1 amide bonds. The van der Waals surface area contributed by atoms with Crippen molar-refractivity contribution in [1.29, 1.82) is 0 Å². The number of amides is 1. The molecule has 1 aromatic rings. The van der Waals surface area contributed by atoms with E-state index in [1.807, 2.05) is 39.1 Å². The number of nitrogens with zero attached hydrogens (tertiary/aromatic N) is 3. The van der Waals surface area contributed by atoms with E-state index in [4.69, 9.17) is 0 Å². The maximum atomic E-state index is 12.3. The van der Waals surface area contributed by atoms with Crippen LogP contribution < -0.4 is 5.32 Å². The van der Waals surface area contributed by atoms with Gasteiger partial charge < -0.3 is 10.2 Å². The Kier molecular flexibility index (Phi) is 4.28. The van der Waals surface area contributed by atoms with Crippen molar-refractivity contribution < 1.29 is 4.79 Å². The Hall–Kier alpha value is -1.62. The molecule has 0 aliphatic carbocycles. The molecule has 1 N–H and O–H groups in total. The van der Waals surface area contributed by atoms with Crippen LogP contribution in [0.1, 0.15) is 26.5 Å². The summed E-state index contributed by atoms with van der Waals surface area (Å²) in [5, 5.41) is 3.22. The molecule has 20 heavy (non-hydrogen) atoms. The van der Waals surface area contributed by atoms with Gasteiger partial charge in [-0.3, -0.25) is 9.69 Å². The summed E-state index contributed by atoms with van der Waals surface area (Å²) in [7, 11) is 1.87. The molecule has 1 aliphatic rings. The summed E-state index contributed by atoms with van der Waals surface area (Å²) in [6.45, 7) is 9.23. The monoisotopic (exact) mass is 276 g/mol. The molecular formula is C15H24N4O. The third-order valence-electron chi connectivity index (χ3n) is 3.88. The number of likely N-dealkylation sites (N-methyl/N-ethyl adjacent to an activating group) is 1. The van der Waals surface area contributed by atoms with Crippen molar-refractivity contribution in [2.75, 3.05) is 32.0 Å². The second-order valence-electron chi connectivity index (χ2n) is 5.75. The smallest absolute Gasteiger partial charge is 0.242 e. The van der Waals surface area contributed by atoms with Gasteiger partial charge in [-0.2, -0.15) is 0 Å². The number of hydrogen-bond acceptors (Lipinski definition) is 4. The Morgan fingerprint density at radius 3 is 2.80 bits per heavy atom. The summed E-state index contributed by atoms with van der Waals surface area (Å²) < 4.78 is 0. The van der Waals surface area contributed by atoms with Crippen LogP contribution >= 0.6 is 0 Å². The molecule has 1 fully saturated rings. The highest BCUT2D eigenvalue weighted by Crippen LogP contribution is 2.23. The van der Waals surface area contributed by atoms with Gasteiger partial charge in [0, 0.05) is 33.2 Å². The normalized spacial score (nSPS) is 19.2. The van der Waals surface area contributed by atoms with Crippen molar-refractivity contribution in [3.8, 4) is 0 Å². The molecule has 0 aromatic carbocycles. The lowest BCUT2D eigenvalue weighted by Gasteiger charge is -2.44. The van der Waals surface area contributed by atoms with E-state index >= 15 is 0 Å². The van der Waals surface area contributed by atoms with E-state index in [9.17, 15) is 4.79 Å². The van der Waals surface area contributed by atoms with Crippen LogP contribution in [0.25, 0.3) is 0 Å². The van der Waals surface area contributed by atoms with Gasteiger partial charge in [-0.1, -0.05) is 6.07 Å². The predicted molar refractivity (Wildman–Crippen MR) is 80.5 cm³/mol. The highest BCUT2D eigenvalue weighted by atomic mass is 16.2. The number of nitrogens with one attached hydrogen (secondary N) is 1. The molecule has 0 bridgehead atoms. The van der Waals surface area contributed by atoms with E-state index in [1.54, 1.807) is 4.90 Å². The minimum atomic E-state index is -0.469. The van der Waals surface area contributed by atoms with Gasteiger partial charge in [0.05, 0.1) is 11.2 Å². The van der Waals surface area contributed by atoms with E-state index in [0.29, 0.717) is 6.54 Å². The van der Waals surface area contributed by atoms with Crippen LogP contribution in [0.2, 0.25) is 0 Å². The summed E-state index contributed by atoms with van der Waals surface area (Å²) in [6.07, 6.45) is 0. The zero-order valence-corrected chi connectivity index (χ0v) is 12.8.